The molecule has 5 rings (SSSR count). The number of aromatic nitrogens is 1. The summed E-state index contributed by atoms with van der Waals surface area (Å²) in [6.45, 7) is 0. The van der Waals surface area contributed by atoms with Gasteiger partial charge in [0.15, 0.2) is 0 Å². The third-order valence-electron chi connectivity index (χ3n) is 5.97. The van der Waals surface area contributed by atoms with E-state index in [1.54, 1.807) is 37.4 Å². The van der Waals surface area contributed by atoms with Crippen LogP contribution in [0, 0.1) is 0 Å². The summed E-state index contributed by atoms with van der Waals surface area (Å²) in [5.41, 5.74) is 5.66. The molecule has 168 valence electrons. The Labute approximate surface area is 200 Å². The summed E-state index contributed by atoms with van der Waals surface area (Å²) in [5.74, 6) is -1.11. The molecule has 0 unspecified atom stereocenters. The first-order valence-corrected chi connectivity index (χ1v) is 10.9. The first-order chi connectivity index (χ1) is 16.3. The van der Waals surface area contributed by atoms with Gasteiger partial charge in [-0.1, -0.05) is 54.1 Å². The number of phenolic OH excluding ortho intramolecular Hbond substituents is 1. The smallest absolute Gasteiger partial charge is 0.352 e. The Morgan fingerprint density at radius 1 is 0.941 bits per heavy atom. The van der Waals surface area contributed by atoms with Crippen LogP contribution in [-0.4, -0.2) is 26.7 Å². The van der Waals surface area contributed by atoms with Crippen molar-refractivity contribution in [2.24, 2.45) is 7.05 Å². The second-order valence-corrected chi connectivity index (χ2v) is 8.40. The van der Waals surface area contributed by atoms with Gasteiger partial charge in [-0.2, -0.15) is 0 Å². The number of anilines is 1. The lowest BCUT2D eigenvalue weighted by Crippen LogP contribution is -2.06. The standard InChI is InChI=1S/C27H19ClN2O4/c1-30-17(10-11-24(30)27(33)34)12-21-20-13-19(22(28)14-23(20)29-26(21)32)16-8-6-15(7-9-16)18-4-2-3-5-25(18)31/h2-14,31H,1H3,(H,29,32)(H,33,34)/b21-12-. The molecule has 0 fully saturated rings. The third kappa shape index (κ3) is 3.64. The van der Waals surface area contributed by atoms with E-state index in [0.717, 1.165) is 22.3 Å². The predicted molar refractivity (Wildman–Crippen MR) is 133 cm³/mol. The zero-order valence-electron chi connectivity index (χ0n) is 18.0. The molecule has 1 amide bonds. The predicted octanol–water partition coefficient (Wildman–Crippen LogP) is 5.91. The van der Waals surface area contributed by atoms with Crippen molar-refractivity contribution in [1.29, 1.82) is 0 Å². The molecule has 6 nitrogen and oxygen atoms in total. The molecule has 2 heterocycles. The van der Waals surface area contributed by atoms with Gasteiger partial charge in [0.2, 0.25) is 0 Å². The maximum absolute atomic E-state index is 12.7. The highest BCUT2D eigenvalue weighted by Crippen LogP contribution is 2.41. The van der Waals surface area contributed by atoms with E-state index < -0.39 is 5.97 Å². The van der Waals surface area contributed by atoms with Crippen molar-refractivity contribution in [3.8, 4) is 28.0 Å². The Morgan fingerprint density at radius 3 is 2.26 bits per heavy atom. The number of fused-ring (bicyclic) bond motifs is 1. The lowest BCUT2D eigenvalue weighted by molar-refractivity contribution is -0.110. The molecular formula is C27H19ClN2O4. The lowest BCUT2D eigenvalue weighted by Gasteiger charge is -2.10. The van der Waals surface area contributed by atoms with Gasteiger partial charge in [0.05, 0.1) is 16.3 Å². The van der Waals surface area contributed by atoms with Crippen LogP contribution in [0.4, 0.5) is 5.69 Å². The van der Waals surface area contributed by atoms with Crippen molar-refractivity contribution >= 4 is 40.8 Å². The van der Waals surface area contributed by atoms with Crippen LogP contribution in [0.25, 0.3) is 33.9 Å². The largest absolute Gasteiger partial charge is 0.507 e. The minimum atomic E-state index is -1.04. The van der Waals surface area contributed by atoms with Crippen molar-refractivity contribution in [3.05, 3.63) is 94.8 Å². The van der Waals surface area contributed by atoms with Crippen LogP contribution >= 0.6 is 11.6 Å². The number of carbonyl (C=O) groups is 2. The van der Waals surface area contributed by atoms with Crippen molar-refractivity contribution in [2.75, 3.05) is 5.32 Å². The number of amides is 1. The van der Waals surface area contributed by atoms with Crippen molar-refractivity contribution < 1.29 is 19.8 Å². The molecule has 0 saturated heterocycles. The summed E-state index contributed by atoms with van der Waals surface area (Å²) >= 11 is 6.56. The number of phenols is 1. The molecule has 34 heavy (non-hydrogen) atoms. The maximum atomic E-state index is 12.7. The topological polar surface area (TPSA) is 91.6 Å². The van der Waals surface area contributed by atoms with E-state index in [4.69, 9.17) is 11.6 Å². The summed E-state index contributed by atoms with van der Waals surface area (Å²) in [6, 6.07) is 21.5. The molecule has 0 spiro atoms. The normalized spacial score (nSPS) is 13.7. The molecule has 0 radical (unpaired) electrons. The zero-order chi connectivity index (χ0) is 24.0. The number of benzene rings is 3. The minimum absolute atomic E-state index is 0.131. The number of nitrogens with zero attached hydrogens (tertiary/aromatic N) is 1. The van der Waals surface area contributed by atoms with Gasteiger partial charge in [-0.05, 0) is 47.5 Å². The molecule has 1 aliphatic rings. The fourth-order valence-corrected chi connectivity index (χ4v) is 4.43. The van der Waals surface area contributed by atoms with Gasteiger partial charge in [-0.25, -0.2) is 4.79 Å². The fraction of sp³-hybridized carbons (Fsp3) is 0.0370. The number of carbonyl (C=O) groups excluding carboxylic acids is 1. The monoisotopic (exact) mass is 470 g/mol. The number of carboxylic acids is 1. The first-order valence-electron chi connectivity index (χ1n) is 10.5. The highest BCUT2D eigenvalue weighted by atomic mass is 35.5. The van der Waals surface area contributed by atoms with Gasteiger partial charge in [0.25, 0.3) is 5.91 Å². The Hall–Kier alpha value is -4.29. The highest BCUT2D eigenvalue weighted by molar-refractivity contribution is 6.38. The number of hydrogen-bond donors (Lipinski definition) is 3. The number of rotatable bonds is 4. The number of nitrogens with one attached hydrogen (secondary N) is 1. The Bertz CT molecular complexity index is 1500. The minimum Gasteiger partial charge on any atom is -0.507 e. The van der Waals surface area contributed by atoms with Gasteiger partial charge in [0, 0.05) is 29.4 Å². The zero-order valence-corrected chi connectivity index (χ0v) is 18.8. The van der Waals surface area contributed by atoms with E-state index in [1.807, 2.05) is 42.5 Å². The summed E-state index contributed by atoms with van der Waals surface area (Å²) < 4.78 is 1.52. The maximum Gasteiger partial charge on any atom is 0.352 e. The summed E-state index contributed by atoms with van der Waals surface area (Å²) in [5, 5.41) is 22.7. The van der Waals surface area contributed by atoms with Crippen LogP contribution in [0.3, 0.4) is 0 Å². The molecule has 0 bridgehead atoms. The Balaban J connectivity index is 1.55. The van der Waals surface area contributed by atoms with Crippen molar-refractivity contribution in [2.45, 2.75) is 0 Å². The first kappa shape index (κ1) is 21.6. The number of hydrogen-bond acceptors (Lipinski definition) is 3. The van der Waals surface area contributed by atoms with Crippen LogP contribution in [0.1, 0.15) is 21.7 Å². The van der Waals surface area contributed by atoms with Gasteiger partial charge < -0.3 is 20.1 Å². The van der Waals surface area contributed by atoms with E-state index in [2.05, 4.69) is 5.32 Å². The SMILES string of the molecule is Cn1c(/C=C2\C(=O)Nc3cc(Cl)c(-c4ccc(-c5ccccc5O)cc4)cc32)ccc1C(=O)O. The van der Waals surface area contributed by atoms with Crippen molar-refractivity contribution in [1.82, 2.24) is 4.57 Å². The number of aromatic carboxylic acids is 1. The van der Waals surface area contributed by atoms with E-state index in [0.29, 0.717) is 27.5 Å². The number of halogens is 1. The average molecular weight is 471 g/mol. The summed E-state index contributed by atoms with van der Waals surface area (Å²) in [7, 11) is 1.64. The Morgan fingerprint density at radius 2 is 1.62 bits per heavy atom. The van der Waals surface area contributed by atoms with Crippen LogP contribution in [0.2, 0.25) is 5.02 Å². The van der Waals surface area contributed by atoms with Crippen LogP contribution < -0.4 is 5.32 Å². The summed E-state index contributed by atoms with van der Waals surface area (Å²) in [6.07, 6.45) is 1.67. The third-order valence-corrected chi connectivity index (χ3v) is 6.29. The Kier molecular flexibility index (Phi) is 5.23. The van der Waals surface area contributed by atoms with E-state index in [1.165, 1.54) is 10.6 Å². The quantitative estimate of drug-likeness (QED) is 0.323. The number of aromatic hydroxyl groups is 1. The summed E-state index contributed by atoms with van der Waals surface area (Å²) in [4.78, 5) is 24.1. The van der Waals surface area contributed by atoms with Gasteiger partial charge in [-0.3, -0.25) is 4.79 Å². The highest BCUT2D eigenvalue weighted by Gasteiger charge is 2.26. The average Bonchev–Trinajstić information content (AvgIpc) is 3.33. The van der Waals surface area contributed by atoms with Crippen molar-refractivity contribution in [3.63, 3.8) is 0 Å². The van der Waals surface area contributed by atoms with Crippen LogP contribution in [0.5, 0.6) is 5.75 Å². The number of carboxylic acid groups (broad SMARTS) is 1. The van der Waals surface area contributed by atoms with Gasteiger partial charge >= 0.3 is 5.97 Å². The van der Waals surface area contributed by atoms with E-state index in [9.17, 15) is 19.8 Å². The lowest BCUT2D eigenvalue weighted by atomic mass is 9.96. The van der Waals surface area contributed by atoms with E-state index >= 15 is 0 Å². The number of para-hydroxylation sites is 1. The molecule has 0 aliphatic carbocycles. The molecular weight excluding hydrogens is 452 g/mol. The molecule has 3 N–H and O–H groups in total. The molecule has 3 aromatic carbocycles. The molecule has 1 aromatic heterocycles. The fourth-order valence-electron chi connectivity index (χ4n) is 4.16. The second kappa shape index (κ2) is 8.24. The van der Waals surface area contributed by atoms with Gasteiger partial charge in [0.1, 0.15) is 11.4 Å². The molecule has 0 atom stereocenters. The van der Waals surface area contributed by atoms with E-state index in [-0.39, 0.29) is 17.4 Å². The second-order valence-electron chi connectivity index (χ2n) is 7.99. The van der Waals surface area contributed by atoms with Crippen LogP contribution in [-0.2, 0) is 11.8 Å². The van der Waals surface area contributed by atoms with Gasteiger partial charge in [-0.15, -0.1) is 0 Å². The molecule has 0 saturated carbocycles. The molecule has 1 aliphatic heterocycles. The molecule has 4 aromatic rings. The van der Waals surface area contributed by atoms with Crippen LogP contribution in [0.15, 0.2) is 72.8 Å². The molecule has 7 heteroatoms.